The van der Waals surface area contributed by atoms with Crippen LogP contribution in [0.4, 0.5) is 11.4 Å². The summed E-state index contributed by atoms with van der Waals surface area (Å²) in [5.74, 6) is 0.202. The summed E-state index contributed by atoms with van der Waals surface area (Å²) in [5, 5.41) is 2.14. The standard InChI is InChI=1S/C22H30N4O4S/c1-5-17-8-6-7-9-20(17)23-21(27)14-26(18-10-12-19(30-4)13-11-18)31(28,29)22-15(2)24-25-16(22)3/h6-13,15-16,22,24-25H,5,14H2,1-4H3,(H,23,27). The Bertz CT molecular complexity index is 1000. The van der Waals surface area contributed by atoms with E-state index in [4.69, 9.17) is 4.74 Å². The lowest BCUT2D eigenvalue weighted by molar-refractivity contribution is -0.114. The van der Waals surface area contributed by atoms with Crippen LogP contribution in [-0.2, 0) is 21.2 Å². The molecule has 2 aromatic rings. The number of carbonyl (C=O) groups excluding carboxylic acids is 1. The zero-order chi connectivity index (χ0) is 22.6. The van der Waals surface area contributed by atoms with E-state index < -0.39 is 21.2 Å². The minimum absolute atomic E-state index is 0.315. The number of methoxy groups -OCH3 is 1. The molecule has 0 bridgehead atoms. The van der Waals surface area contributed by atoms with E-state index in [1.54, 1.807) is 31.4 Å². The summed E-state index contributed by atoms with van der Waals surface area (Å²) in [7, 11) is -2.33. The van der Waals surface area contributed by atoms with Crippen LogP contribution in [-0.4, -0.2) is 45.3 Å². The molecule has 2 unspecified atom stereocenters. The van der Waals surface area contributed by atoms with Gasteiger partial charge in [0, 0.05) is 17.8 Å². The van der Waals surface area contributed by atoms with Crippen molar-refractivity contribution in [3.05, 3.63) is 54.1 Å². The van der Waals surface area contributed by atoms with Crippen molar-refractivity contribution in [3.63, 3.8) is 0 Å². The Morgan fingerprint density at radius 3 is 2.26 bits per heavy atom. The first kappa shape index (κ1) is 23.1. The Morgan fingerprint density at radius 2 is 1.68 bits per heavy atom. The summed E-state index contributed by atoms with van der Waals surface area (Å²) >= 11 is 0. The maximum absolute atomic E-state index is 13.7. The highest BCUT2D eigenvalue weighted by molar-refractivity contribution is 7.93. The van der Waals surface area contributed by atoms with Crippen LogP contribution in [0.25, 0.3) is 0 Å². The number of carbonyl (C=O) groups is 1. The van der Waals surface area contributed by atoms with Crippen molar-refractivity contribution < 1.29 is 17.9 Å². The predicted octanol–water partition coefficient (Wildman–Crippen LogP) is 2.29. The van der Waals surface area contributed by atoms with Gasteiger partial charge in [-0.25, -0.2) is 8.42 Å². The highest BCUT2D eigenvalue weighted by Crippen LogP contribution is 2.27. The Morgan fingerprint density at radius 1 is 1.06 bits per heavy atom. The third kappa shape index (κ3) is 5.00. The van der Waals surface area contributed by atoms with Crippen LogP contribution in [0.1, 0.15) is 26.3 Å². The molecular formula is C22H30N4O4S. The summed E-state index contributed by atoms with van der Waals surface area (Å²) in [6.07, 6.45) is 0.755. The number of amides is 1. The molecule has 0 saturated carbocycles. The van der Waals surface area contributed by atoms with Gasteiger partial charge >= 0.3 is 0 Å². The van der Waals surface area contributed by atoms with E-state index in [-0.39, 0.29) is 18.6 Å². The van der Waals surface area contributed by atoms with Crippen LogP contribution >= 0.6 is 0 Å². The molecule has 3 N–H and O–H groups in total. The second kappa shape index (κ2) is 9.67. The van der Waals surface area contributed by atoms with Crippen molar-refractivity contribution in [1.29, 1.82) is 0 Å². The summed E-state index contributed by atoms with van der Waals surface area (Å²) in [4.78, 5) is 12.9. The number of hydrogen-bond donors (Lipinski definition) is 3. The third-order valence-corrected chi connectivity index (χ3v) is 7.95. The minimum atomic E-state index is -3.87. The zero-order valence-electron chi connectivity index (χ0n) is 18.3. The van der Waals surface area contributed by atoms with Gasteiger partial charge in [-0.1, -0.05) is 25.1 Å². The number of anilines is 2. The van der Waals surface area contributed by atoms with Crippen LogP contribution in [0.15, 0.2) is 48.5 Å². The maximum Gasteiger partial charge on any atom is 0.245 e. The van der Waals surface area contributed by atoms with Gasteiger partial charge in [0.05, 0.1) is 12.8 Å². The number of para-hydroxylation sites is 1. The van der Waals surface area contributed by atoms with Crippen LogP contribution in [0, 0.1) is 0 Å². The van der Waals surface area contributed by atoms with Crippen LogP contribution in [0.5, 0.6) is 5.75 Å². The molecular weight excluding hydrogens is 416 g/mol. The molecule has 1 aliphatic rings. The fraction of sp³-hybridized carbons (Fsp3) is 0.409. The normalized spacial score (nSPS) is 21.0. The summed E-state index contributed by atoms with van der Waals surface area (Å²) in [6.45, 7) is 5.29. The fourth-order valence-corrected chi connectivity index (χ4v) is 6.04. The van der Waals surface area contributed by atoms with Crippen molar-refractivity contribution in [2.75, 3.05) is 23.3 Å². The molecule has 2 aromatic carbocycles. The van der Waals surface area contributed by atoms with Crippen molar-refractivity contribution in [2.24, 2.45) is 0 Å². The predicted molar refractivity (Wildman–Crippen MR) is 123 cm³/mol. The molecule has 1 fully saturated rings. The molecule has 9 heteroatoms. The Hall–Kier alpha value is -2.62. The van der Waals surface area contributed by atoms with Gasteiger partial charge in [-0.15, -0.1) is 0 Å². The van der Waals surface area contributed by atoms with Crippen molar-refractivity contribution in [3.8, 4) is 5.75 Å². The topological polar surface area (TPSA) is 99.8 Å². The summed E-state index contributed by atoms with van der Waals surface area (Å²) in [6, 6.07) is 13.5. The average molecular weight is 447 g/mol. The first-order valence-electron chi connectivity index (χ1n) is 10.3. The highest BCUT2D eigenvalue weighted by Gasteiger charge is 2.44. The number of rotatable bonds is 8. The number of nitrogens with zero attached hydrogens (tertiary/aromatic N) is 1. The summed E-state index contributed by atoms with van der Waals surface area (Å²) < 4.78 is 33.7. The van der Waals surface area contributed by atoms with Crippen LogP contribution in [0.2, 0.25) is 0 Å². The molecule has 3 rings (SSSR count). The lowest BCUT2D eigenvalue weighted by atomic mass is 10.1. The first-order chi connectivity index (χ1) is 14.8. The Kier molecular flexibility index (Phi) is 7.19. The van der Waals surface area contributed by atoms with E-state index >= 15 is 0 Å². The van der Waals surface area contributed by atoms with E-state index in [2.05, 4.69) is 16.2 Å². The van der Waals surface area contributed by atoms with Crippen LogP contribution < -0.4 is 25.2 Å². The lowest BCUT2D eigenvalue weighted by Gasteiger charge is -2.30. The molecule has 1 aliphatic heterocycles. The zero-order valence-corrected chi connectivity index (χ0v) is 19.1. The number of nitrogens with one attached hydrogen (secondary N) is 3. The van der Waals surface area contributed by atoms with Gasteiger partial charge in [0.25, 0.3) is 0 Å². The van der Waals surface area contributed by atoms with Gasteiger partial charge in [-0.3, -0.25) is 20.0 Å². The number of hydrazine groups is 1. The quantitative estimate of drug-likeness (QED) is 0.575. The van der Waals surface area contributed by atoms with E-state index in [1.165, 1.54) is 4.31 Å². The molecule has 1 saturated heterocycles. The van der Waals surface area contributed by atoms with E-state index in [0.29, 0.717) is 17.1 Å². The SMILES string of the molecule is CCc1ccccc1NC(=O)CN(c1ccc(OC)cc1)S(=O)(=O)C1C(C)NNC1C. The number of aryl methyl sites for hydroxylation is 1. The highest BCUT2D eigenvalue weighted by atomic mass is 32.2. The lowest BCUT2D eigenvalue weighted by Crippen LogP contribution is -2.49. The second-order valence-electron chi connectivity index (χ2n) is 7.64. The van der Waals surface area contributed by atoms with Gasteiger partial charge in [0.1, 0.15) is 17.5 Å². The molecule has 1 amide bonds. The molecule has 0 aliphatic carbocycles. The smallest absolute Gasteiger partial charge is 0.245 e. The van der Waals surface area contributed by atoms with Gasteiger partial charge in [0.15, 0.2) is 0 Å². The molecule has 8 nitrogen and oxygen atoms in total. The number of hydrogen-bond acceptors (Lipinski definition) is 6. The van der Waals surface area contributed by atoms with Gasteiger partial charge in [0.2, 0.25) is 15.9 Å². The molecule has 31 heavy (non-hydrogen) atoms. The fourth-order valence-electron chi connectivity index (χ4n) is 3.87. The average Bonchev–Trinajstić information content (AvgIpc) is 3.11. The third-order valence-electron chi connectivity index (χ3n) is 5.50. The van der Waals surface area contributed by atoms with Gasteiger partial charge in [-0.2, -0.15) is 0 Å². The summed E-state index contributed by atoms with van der Waals surface area (Å²) in [5.41, 5.74) is 8.05. The van der Waals surface area contributed by atoms with Crippen LogP contribution in [0.3, 0.4) is 0 Å². The monoisotopic (exact) mass is 446 g/mol. The Balaban J connectivity index is 1.92. The number of ether oxygens (including phenoxy) is 1. The van der Waals surface area contributed by atoms with E-state index in [1.807, 2.05) is 45.0 Å². The molecule has 1 heterocycles. The number of sulfonamides is 1. The molecule has 2 atom stereocenters. The van der Waals surface area contributed by atoms with Gasteiger partial charge < -0.3 is 10.1 Å². The Labute approximate surface area is 184 Å². The van der Waals surface area contributed by atoms with E-state index in [0.717, 1.165) is 12.0 Å². The van der Waals surface area contributed by atoms with Crippen molar-refractivity contribution in [1.82, 2.24) is 10.9 Å². The van der Waals surface area contributed by atoms with Crippen molar-refractivity contribution in [2.45, 2.75) is 44.5 Å². The largest absolute Gasteiger partial charge is 0.497 e. The van der Waals surface area contributed by atoms with Crippen molar-refractivity contribution >= 4 is 27.3 Å². The second-order valence-corrected chi connectivity index (χ2v) is 9.65. The van der Waals surface area contributed by atoms with Gasteiger partial charge in [-0.05, 0) is 56.2 Å². The minimum Gasteiger partial charge on any atom is -0.497 e. The molecule has 0 radical (unpaired) electrons. The van der Waals surface area contributed by atoms with E-state index in [9.17, 15) is 13.2 Å². The molecule has 168 valence electrons. The molecule has 0 spiro atoms. The maximum atomic E-state index is 13.7. The first-order valence-corrected chi connectivity index (χ1v) is 11.8. The number of benzene rings is 2. The molecule has 0 aromatic heterocycles.